The number of urea groups is 1. The van der Waals surface area contributed by atoms with Gasteiger partial charge in [0, 0.05) is 31.3 Å². The lowest BCUT2D eigenvalue weighted by Gasteiger charge is -2.41. The molecule has 36 heavy (non-hydrogen) atoms. The number of likely N-dealkylation sites (tertiary alicyclic amines) is 1. The average molecular weight is 495 g/mol. The molecule has 10 nitrogen and oxygen atoms in total. The summed E-state index contributed by atoms with van der Waals surface area (Å²) < 4.78 is 35.3. The molecule has 1 aromatic carbocycles. The normalized spacial score (nSPS) is 17.4. The average Bonchev–Trinajstić information content (AvgIpc) is 3.41. The van der Waals surface area contributed by atoms with Crippen LogP contribution in [0.25, 0.3) is 11.4 Å². The molecule has 1 saturated heterocycles. The molecule has 2 aliphatic heterocycles. The highest BCUT2D eigenvalue weighted by Crippen LogP contribution is 2.32. The van der Waals surface area contributed by atoms with Gasteiger partial charge in [-0.25, -0.2) is 18.6 Å². The van der Waals surface area contributed by atoms with Crippen molar-refractivity contribution in [1.29, 1.82) is 0 Å². The van der Waals surface area contributed by atoms with Gasteiger partial charge in [0.2, 0.25) is 0 Å². The Labute approximate surface area is 205 Å². The van der Waals surface area contributed by atoms with Gasteiger partial charge in [-0.05, 0) is 24.6 Å². The van der Waals surface area contributed by atoms with E-state index in [0.29, 0.717) is 28.9 Å². The monoisotopic (exact) mass is 495 g/mol. The smallest absolute Gasteiger partial charge is 0.341 e. The summed E-state index contributed by atoms with van der Waals surface area (Å²) in [5, 5.41) is 9.78. The zero-order valence-corrected chi connectivity index (χ0v) is 19.6. The van der Waals surface area contributed by atoms with Gasteiger partial charge >= 0.3 is 6.03 Å². The fraction of sp³-hybridized carbons (Fsp3) is 0.292. The second-order valence-corrected chi connectivity index (χ2v) is 8.69. The number of halogens is 2. The Morgan fingerprint density at radius 3 is 2.67 bits per heavy atom. The number of primary amides is 1. The van der Waals surface area contributed by atoms with Crippen molar-refractivity contribution < 1.29 is 23.1 Å². The number of aromatic nitrogens is 3. The number of benzene rings is 1. The van der Waals surface area contributed by atoms with Gasteiger partial charge in [-0.3, -0.25) is 14.5 Å². The number of rotatable bonds is 5. The van der Waals surface area contributed by atoms with Crippen LogP contribution in [-0.2, 0) is 7.05 Å². The van der Waals surface area contributed by atoms with Gasteiger partial charge in [-0.2, -0.15) is 10.2 Å². The van der Waals surface area contributed by atoms with Gasteiger partial charge in [0.1, 0.15) is 23.3 Å². The fourth-order valence-corrected chi connectivity index (χ4v) is 4.44. The predicted molar refractivity (Wildman–Crippen MR) is 125 cm³/mol. The van der Waals surface area contributed by atoms with E-state index in [2.05, 4.69) is 15.2 Å². The molecule has 2 N–H and O–H groups in total. The van der Waals surface area contributed by atoms with Gasteiger partial charge in [-0.15, -0.1) is 0 Å². The second-order valence-electron chi connectivity index (χ2n) is 8.69. The molecule has 1 atom stereocenters. The van der Waals surface area contributed by atoms with Crippen LogP contribution in [0.1, 0.15) is 34.1 Å². The number of carbonyl (C=O) groups excluding carboxylic acids is 2. The summed E-state index contributed by atoms with van der Waals surface area (Å²) in [6, 6.07) is 6.77. The third kappa shape index (κ3) is 4.14. The maximum Gasteiger partial charge on any atom is 0.341 e. The number of pyridine rings is 1. The lowest BCUT2D eigenvalue weighted by atomic mass is 10.0. The summed E-state index contributed by atoms with van der Waals surface area (Å²) in [5.74, 6) is -1.72. The van der Waals surface area contributed by atoms with Crippen LogP contribution < -0.4 is 10.5 Å². The first-order chi connectivity index (χ1) is 17.2. The standard InChI is InChI=1S/C24H23F2N7O3/c1-13-21(30-31(2)22(13)23(27)34)18-9-20(17(26)10-28-18)36-16-11-32(12-16)24(35)33-19(6-7-29-33)14-4-3-5-15(25)8-14/h3-5,7-10,16,19H,6,11-12H2,1-2H3,(H2,27,34)/t19-/m0/s1. The maximum atomic E-state index is 14.5. The molecule has 2 aliphatic rings. The summed E-state index contributed by atoms with van der Waals surface area (Å²) in [6.45, 7) is 2.14. The van der Waals surface area contributed by atoms with E-state index in [1.807, 2.05) is 0 Å². The van der Waals surface area contributed by atoms with Crippen molar-refractivity contribution in [3.8, 4) is 17.1 Å². The minimum absolute atomic E-state index is 0.0420. The number of amides is 3. The largest absolute Gasteiger partial charge is 0.483 e. The van der Waals surface area contributed by atoms with Gasteiger partial charge in [0.15, 0.2) is 11.6 Å². The highest BCUT2D eigenvalue weighted by Gasteiger charge is 2.39. The Morgan fingerprint density at radius 1 is 1.19 bits per heavy atom. The van der Waals surface area contributed by atoms with E-state index in [1.165, 1.54) is 32.8 Å². The summed E-state index contributed by atoms with van der Waals surface area (Å²) in [4.78, 5) is 30.3. The molecule has 0 saturated carbocycles. The number of hydrazone groups is 1. The van der Waals surface area contributed by atoms with E-state index in [0.717, 1.165) is 6.20 Å². The third-order valence-electron chi connectivity index (χ3n) is 6.25. The highest BCUT2D eigenvalue weighted by atomic mass is 19.1. The van der Waals surface area contributed by atoms with Crippen LogP contribution in [0.5, 0.6) is 5.75 Å². The van der Waals surface area contributed by atoms with Gasteiger partial charge in [0.25, 0.3) is 5.91 Å². The van der Waals surface area contributed by atoms with Gasteiger partial charge in [0.05, 0.1) is 31.0 Å². The number of carbonyl (C=O) groups is 2. The van der Waals surface area contributed by atoms with Crippen LogP contribution in [0.2, 0.25) is 0 Å². The summed E-state index contributed by atoms with van der Waals surface area (Å²) >= 11 is 0. The van der Waals surface area contributed by atoms with Crippen molar-refractivity contribution >= 4 is 18.2 Å². The Kier molecular flexibility index (Phi) is 5.86. The van der Waals surface area contributed by atoms with Crippen molar-refractivity contribution in [2.45, 2.75) is 25.5 Å². The van der Waals surface area contributed by atoms with E-state index in [9.17, 15) is 18.4 Å². The summed E-state index contributed by atoms with van der Waals surface area (Å²) in [7, 11) is 1.58. The topological polar surface area (TPSA) is 119 Å². The van der Waals surface area contributed by atoms with Crippen LogP contribution in [-0.4, -0.2) is 62.0 Å². The fourth-order valence-electron chi connectivity index (χ4n) is 4.44. The number of ether oxygens (including phenoxy) is 1. The number of aryl methyl sites for hydroxylation is 1. The Balaban J connectivity index is 1.26. The molecule has 4 heterocycles. The molecule has 5 rings (SSSR count). The molecule has 3 amide bonds. The van der Waals surface area contributed by atoms with Gasteiger partial charge < -0.3 is 15.4 Å². The molecule has 0 radical (unpaired) electrons. The molecule has 1 fully saturated rings. The summed E-state index contributed by atoms with van der Waals surface area (Å²) in [5.41, 5.74) is 7.54. The molecular weight excluding hydrogens is 472 g/mol. The van der Waals surface area contributed by atoms with E-state index < -0.39 is 17.8 Å². The predicted octanol–water partition coefficient (Wildman–Crippen LogP) is 2.78. The Bertz CT molecular complexity index is 1380. The first-order valence-corrected chi connectivity index (χ1v) is 11.2. The van der Waals surface area contributed by atoms with Crippen molar-refractivity contribution in [2.24, 2.45) is 17.9 Å². The van der Waals surface area contributed by atoms with Crippen LogP contribution in [0, 0.1) is 18.6 Å². The highest BCUT2D eigenvalue weighted by molar-refractivity contribution is 5.94. The molecule has 0 aliphatic carbocycles. The molecule has 12 heteroatoms. The molecule has 0 bridgehead atoms. The maximum absolute atomic E-state index is 14.5. The second kappa shape index (κ2) is 9.02. The lowest BCUT2D eigenvalue weighted by molar-refractivity contribution is 0.0257. The first kappa shape index (κ1) is 23.4. The lowest BCUT2D eigenvalue weighted by Crippen LogP contribution is -2.58. The molecule has 0 unspecified atom stereocenters. The van der Waals surface area contributed by atoms with Crippen molar-refractivity contribution in [3.63, 3.8) is 0 Å². The van der Waals surface area contributed by atoms with E-state index in [-0.39, 0.29) is 42.4 Å². The van der Waals surface area contributed by atoms with E-state index in [1.54, 1.807) is 32.3 Å². The SMILES string of the molecule is Cc1c(-c2cc(OC3CN(C(=O)N4N=CC[C@H]4c4cccc(F)c4)C3)c(F)cn2)nn(C)c1C(N)=O. The third-order valence-corrected chi connectivity index (χ3v) is 6.25. The molecule has 2 aromatic heterocycles. The zero-order valence-electron chi connectivity index (χ0n) is 19.6. The van der Waals surface area contributed by atoms with Gasteiger partial charge in [-0.1, -0.05) is 12.1 Å². The quantitative estimate of drug-likeness (QED) is 0.584. The molecular formula is C24H23F2N7O3. The van der Waals surface area contributed by atoms with Crippen molar-refractivity contribution in [1.82, 2.24) is 24.7 Å². The minimum atomic E-state index is -0.664. The molecule has 186 valence electrons. The molecule has 0 spiro atoms. The molecule has 3 aromatic rings. The van der Waals surface area contributed by atoms with E-state index >= 15 is 0 Å². The zero-order chi connectivity index (χ0) is 25.6. The van der Waals surface area contributed by atoms with E-state index in [4.69, 9.17) is 10.5 Å². The summed E-state index contributed by atoms with van der Waals surface area (Å²) in [6.07, 6.45) is 2.69. The minimum Gasteiger partial charge on any atom is -0.483 e. The van der Waals surface area contributed by atoms with Crippen molar-refractivity contribution in [3.05, 3.63) is 65.0 Å². The van der Waals surface area contributed by atoms with Crippen LogP contribution in [0.3, 0.4) is 0 Å². The van der Waals surface area contributed by atoms with Crippen LogP contribution >= 0.6 is 0 Å². The van der Waals surface area contributed by atoms with Crippen LogP contribution in [0.4, 0.5) is 13.6 Å². The first-order valence-electron chi connectivity index (χ1n) is 11.2. The number of nitrogens with zero attached hydrogens (tertiary/aromatic N) is 6. The Morgan fingerprint density at radius 2 is 1.97 bits per heavy atom. The number of nitrogens with two attached hydrogens (primary N) is 1. The Hall–Kier alpha value is -4.35. The van der Waals surface area contributed by atoms with Crippen LogP contribution in [0.15, 0.2) is 41.6 Å². The number of hydrogen-bond acceptors (Lipinski definition) is 6. The number of hydrogen-bond donors (Lipinski definition) is 1. The van der Waals surface area contributed by atoms with Crippen molar-refractivity contribution in [2.75, 3.05) is 13.1 Å².